The molecule has 0 heterocycles. The van der Waals surface area contributed by atoms with E-state index in [1.54, 1.807) is 0 Å². The third kappa shape index (κ3) is 3.28. The average molecular weight is 333 g/mol. The van der Waals surface area contributed by atoms with Gasteiger partial charge in [0, 0.05) is 12.1 Å². The number of carbonyl (C=O) groups excluding carboxylic acids is 1. The van der Waals surface area contributed by atoms with Crippen LogP contribution in [0.25, 0.3) is 0 Å². The zero-order valence-corrected chi connectivity index (χ0v) is 12.6. The summed E-state index contributed by atoms with van der Waals surface area (Å²) in [6.45, 7) is -0.182. The number of aliphatic hydroxyl groups is 1. The molecule has 0 atom stereocenters. The molecule has 0 saturated heterocycles. The van der Waals surface area contributed by atoms with E-state index in [0.29, 0.717) is 12.8 Å². The van der Waals surface area contributed by atoms with Crippen molar-refractivity contribution in [1.82, 2.24) is 5.32 Å². The van der Waals surface area contributed by atoms with Crippen LogP contribution < -0.4 is 5.32 Å². The van der Waals surface area contributed by atoms with Crippen LogP contribution in [0.4, 0.5) is 5.69 Å². The second-order valence-corrected chi connectivity index (χ2v) is 5.93. The molecular weight excluding hydrogens is 319 g/mol. The SMILES string of the molecule is O=C(NC1(CO)CCCC1)c1cc([N+](=O)[O-])cc(Cl)c1Cl. The molecule has 0 radical (unpaired) electrons. The van der Waals surface area contributed by atoms with E-state index in [1.807, 2.05) is 0 Å². The van der Waals surface area contributed by atoms with Crippen molar-refractivity contribution in [2.24, 2.45) is 0 Å². The lowest BCUT2D eigenvalue weighted by molar-refractivity contribution is -0.384. The average Bonchev–Trinajstić information content (AvgIpc) is 2.90. The zero-order chi connectivity index (χ0) is 15.6. The maximum Gasteiger partial charge on any atom is 0.271 e. The van der Waals surface area contributed by atoms with Gasteiger partial charge in [0.05, 0.1) is 32.7 Å². The van der Waals surface area contributed by atoms with Gasteiger partial charge < -0.3 is 10.4 Å². The predicted octanol–water partition coefficient (Wildman–Crippen LogP) is 2.94. The number of non-ortho nitro benzene ring substituents is 1. The standard InChI is InChI=1S/C13H14Cl2N2O4/c14-10-6-8(17(20)21)5-9(11(10)15)12(19)16-13(7-18)3-1-2-4-13/h5-6,18H,1-4,7H2,(H,16,19). The van der Waals surface area contributed by atoms with Crippen molar-refractivity contribution in [3.05, 3.63) is 37.9 Å². The van der Waals surface area contributed by atoms with E-state index in [0.717, 1.165) is 25.0 Å². The first-order valence-electron chi connectivity index (χ1n) is 6.45. The lowest BCUT2D eigenvalue weighted by atomic mass is 9.98. The van der Waals surface area contributed by atoms with Crippen molar-refractivity contribution in [3.8, 4) is 0 Å². The molecular formula is C13H14Cl2N2O4. The molecule has 0 aliphatic heterocycles. The number of rotatable bonds is 4. The molecule has 1 aliphatic carbocycles. The van der Waals surface area contributed by atoms with Crippen LogP contribution >= 0.6 is 23.2 Å². The van der Waals surface area contributed by atoms with Gasteiger partial charge in [0.15, 0.2) is 0 Å². The first-order valence-corrected chi connectivity index (χ1v) is 7.21. The maximum atomic E-state index is 12.3. The number of hydrogen-bond donors (Lipinski definition) is 2. The molecule has 0 aromatic heterocycles. The van der Waals surface area contributed by atoms with Gasteiger partial charge in [0.1, 0.15) is 0 Å². The molecule has 2 N–H and O–H groups in total. The maximum absolute atomic E-state index is 12.3. The highest BCUT2D eigenvalue weighted by molar-refractivity contribution is 6.44. The molecule has 21 heavy (non-hydrogen) atoms. The van der Waals surface area contributed by atoms with Gasteiger partial charge in [-0.25, -0.2) is 0 Å². The normalized spacial score (nSPS) is 16.7. The molecule has 8 heteroatoms. The Kier molecular flexibility index (Phi) is 4.70. The van der Waals surface area contributed by atoms with Crippen molar-refractivity contribution in [1.29, 1.82) is 0 Å². The predicted molar refractivity (Wildman–Crippen MR) is 78.9 cm³/mol. The number of hydrogen-bond acceptors (Lipinski definition) is 4. The molecule has 2 rings (SSSR count). The monoisotopic (exact) mass is 332 g/mol. The van der Waals surface area contributed by atoms with E-state index in [2.05, 4.69) is 5.32 Å². The Bertz CT molecular complexity index is 586. The summed E-state index contributed by atoms with van der Waals surface area (Å²) in [4.78, 5) is 22.5. The second-order valence-electron chi connectivity index (χ2n) is 5.15. The van der Waals surface area contributed by atoms with Gasteiger partial charge in [0.25, 0.3) is 11.6 Å². The van der Waals surface area contributed by atoms with Crippen LogP contribution in [0.15, 0.2) is 12.1 Å². The molecule has 114 valence electrons. The van der Waals surface area contributed by atoms with Crippen molar-refractivity contribution < 1.29 is 14.8 Å². The van der Waals surface area contributed by atoms with Crippen LogP contribution in [-0.2, 0) is 0 Å². The number of nitro benzene ring substituents is 1. The summed E-state index contributed by atoms with van der Waals surface area (Å²) in [5.41, 5.74) is -1.05. The van der Waals surface area contributed by atoms with Crippen molar-refractivity contribution >= 4 is 34.8 Å². The topological polar surface area (TPSA) is 92.5 Å². The highest BCUT2D eigenvalue weighted by Crippen LogP contribution is 2.33. The van der Waals surface area contributed by atoms with Crippen molar-refractivity contribution in [2.75, 3.05) is 6.61 Å². The molecule has 1 saturated carbocycles. The molecule has 6 nitrogen and oxygen atoms in total. The fourth-order valence-electron chi connectivity index (χ4n) is 2.53. The Morgan fingerprint density at radius 1 is 1.38 bits per heavy atom. The van der Waals surface area contributed by atoms with Crippen LogP contribution in [0.2, 0.25) is 10.0 Å². The Labute approximate surface area is 131 Å². The third-order valence-electron chi connectivity index (χ3n) is 3.71. The fraction of sp³-hybridized carbons (Fsp3) is 0.462. The lowest BCUT2D eigenvalue weighted by Crippen LogP contribution is -2.49. The van der Waals surface area contributed by atoms with Crippen LogP contribution in [0.5, 0.6) is 0 Å². The molecule has 0 bridgehead atoms. The quantitative estimate of drug-likeness (QED) is 0.654. The highest BCUT2D eigenvalue weighted by atomic mass is 35.5. The number of benzene rings is 1. The molecule has 1 aromatic rings. The van der Waals surface area contributed by atoms with Gasteiger partial charge in [-0.15, -0.1) is 0 Å². The Balaban J connectivity index is 2.32. The van der Waals surface area contributed by atoms with E-state index >= 15 is 0 Å². The fourth-order valence-corrected chi connectivity index (χ4v) is 2.94. The lowest BCUT2D eigenvalue weighted by Gasteiger charge is -2.28. The first kappa shape index (κ1) is 16.0. The summed E-state index contributed by atoms with van der Waals surface area (Å²) in [5, 5.41) is 23.0. The van der Waals surface area contributed by atoms with Gasteiger partial charge in [-0.2, -0.15) is 0 Å². The zero-order valence-electron chi connectivity index (χ0n) is 11.1. The molecule has 1 aliphatic rings. The molecule has 0 spiro atoms. The number of aliphatic hydroxyl groups excluding tert-OH is 1. The van der Waals surface area contributed by atoms with Crippen LogP contribution in [0.1, 0.15) is 36.0 Å². The summed E-state index contributed by atoms with van der Waals surface area (Å²) in [5.74, 6) is -0.568. The van der Waals surface area contributed by atoms with E-state index in [1.165, 1.54) is 0 Å². The number of nitrogens with one attached hydrogen (secondary N) is 1. The third-order valence-corrected chi connectivity index (χ3v) is 4.51. The van der Waals surface area contributed by atoms with Gasteiger partial charge in [-0.1, -0.05) is 36.0 Å². The molecule has 0 unspecified atom stereocenters. The number of nitro groups is 1. The number of nitrogens with zero attached hydrogens (tertiary/aromatic N) is 1. The van der Waals surface area contributed by atoms with Gasteiger partial charge >= 0.3 is 0 Å². The molecule has 1 amide bonds. The molecule has 1 aromatic carbocycles. The molecule has 1 fully saturated rings. The van der Waals surface area contributed by atoms with Gasteiger partial charge in [0.2, 0.25) is 0 Å². The minimum Gasteiger partial charge on any atom is -0.394 e. The summed E-state index contributed by atoms with van der Waals surface area (Å²) in [6.07, 6.45) is 3.14. The number of halogens is 2. The highest BCUT2D eigenvalue weighted by Gasteiger charge is 2.35. The minimum atomic E-state index is -0.683. The second kappa shape index (κ2) is 6.17. The van der Waals surface area contributed by atoms with Gasteiger partial charge in [-0.3, -0.25) is 14.9 Å². The Hall–Kier alpha value is -1.37. The van der Waals surface area contributed by atoms with Crippen LogP contribution in [-0.4, -0.2) is 28.1 Å². The van der Waals surface area contributed by atoms with E-state index in [-0.39, 0.29) is 27.9 Å². The van der Waals surface area contributed by atoms with Gasteiger partial charge in [-0.05, 0) is 12.8 Å². The van der Waals surface area contributed by atoms with E-state index in [9.17, 15) is 20.0 Å². The number of carbonyl (C=O) groups is 1. The summed E-state index contributed by atoms with van der Waals surface area (Å²) >= 11 is 11.8. The summed E-state index contributed by atoms with van der Waals surface area (Å²) in [7, 11) is 0. The van der Waals surface area contributed by atoms with E-state index < -0.39 is 16.4 Å². The Morgan fingerprint density at radius 3 is 2.52 bits per heavy atom. The van der Waals surface area contributed by atoms with E-state index in [4.69, 9.17) is 23.2 Å². The Morgan fingerprint density at radius 2 is 2.00 bits per heavy atom. The first-order chi connectivity index (χ1) is 9.88. The van der Waals surface area contributed by atoms with Crippen molar-refractivity contribution in [2.45, 2.75) is 31.2 Å². The minimum absolute atomic E-state index is 0.0362. The summed E-state index contributed by atoms with van der Waals surface area (Å²) < 4.78 is 0. The smallest absolute Gasteiger partial charge is 0.271 e. The van der Waals surface area contributed by atoms with Crippen LogP contribution in [0.3, 0.4) is 0 Å². The summed E-state index contributed by atoms with van der Waals surface area (Å²) in [6, 6.07) is 2.18. The number of amides is 1. The largest absolute Gasteiger partial charge is 0.394 e. The van der Waals surface area contributed by atoms with Crippen LogP contribution in [0, 0.1) is 10.1 Å². The van der Waals surface area contributed by atoms with Crippen molar-refractivity contribution in [3.63, 3.8) is 0 Å².